The molecule has 0 aliphatic carbocycles. The molecule has 1 aliphatic rings. The smallest absolute Gasteiger partial charge is 0.240 e. The van der Waals surface area contributed by atoms with Crippen molar-refractivity contribution >= 4 is 21.9 Å². The van der Waals surface area contributed by atoms with Gasteiger partial charge in [0.2, 0.25) is 11.8 Å². The van der Waals surface area contributed by atoms with Gasteiger partial charge in [-0.15, -0.1) is 0 Å². The van der Waals surface area contributed by atoms with Crippen LogP contribution in [-0.2, 0) is 6.54 Å². The monoisotopic (exact) mass is 366 g/mol. The number of hydrogen-bond acceptors (Lipinski definition) is 7. The maximum Gasteiger partial charge on any atom is 0.240 e. The summed E-state index contributed by atoms with van der Waals surface area (Å²) >= 11 is 3.36. The van der Waals surface area contributed by atoms with E-state index >= 15 is 0 Å². The SMILES string of the molecule is Cc1noc(CN2CCC(N(C)c3ncc(Br)cn3)CC2)n1. The molecule has 1 saturated heterocycles. The van der Waals surface area contributed by atoms with E-state index in [1.165, 1.54) is 0 Å². The summed E-state index contributed by atoms with van der Waals surface area (Å²) in [4.78, 5) is 17.5. The Morgan fingerprint density at radius 1 is 1.32 bits per heavy atom. The second-order valence-electron chi connectivity index (χ2n) is 5.55. The van der Waals surface area contributed by atoms with Crippen LogP contribution < -0.4 is 4.90 Å². The molecule has 118 valence electrons. The number of nitrogens with zero attached hydrogens (tertiary/aromatic N) is 6. The molecule has 0 amide bonds. The third kappa shape index (κ3) is 3.61. The highest BCUT2D eigenvalue weighted by atomic mass is 79.9. The van der Waals surface area contributed by atoms with E-state index in [0.29, 0.717) is 17.8 Å². The number of aryl methyl sites for hydroxylation is 1. The van der Waals surface area contributed by atoms with Crippen molar-refractivity contribution in [1.82, 2.24) is 25.0 Å². The molecule has 0 unspecified atom stereocenters. The van der Waals surface area contributed by atoms with E-state index in [4.69, 9.17) is 4.52 Å². The van der Waals surface area contributed by atoms with Crippen molar-refractivity contribution in [2.24, 2.45) is 0 Å². The number of rotatable bonds is 4. The first-order chi connectivity index (χ1) is 10.6. The summed E-state index contributed by atoms with van der Waals surface area (Å²) in [6.45, 7) is 4.58. The highest BCUT2D eigenvalue weighted by molar-refractivity contribution is 9.10. The molecule has 2 aromatic heterocycles. The average molecular weight is 367 g/mol. The van der Waals surface area contributed by atoms with E-state index in [1.807, 2.05) is 6.92 Å². The number of anilines is 1. The van der Waals surface area contributed by atoms with E-state index in [2.05, 4.69) is 52.9 Å². The molecule has 1 fully saturated rings. The Morgan fingerprint density at radius 3 is 2.59 bits per heavy atom. The summed E-state index contributed by atoms with van der Waals surface area (Å²) < 4.78 is 6.08. The molecule has 8 heteroatoms. The Bertz CT molecular complexity index is 608. The lowest BCUT2D eigenvalue weighted by Gasteiger charge is -2.36. The summed E-state index contributed by atoms with van der Waals surface area (Å²) in [5.74, 6) is 2.16. The zero-order valence-electron chi connectivity index (χ0n) is 12.7. The van der Waals surface area contributed by atoms with Crippen LogP contribution in [0, 0.1) is 6.92 Å². The predicted octanol–water partition coefficient (Wildman–Crippen LogP) is 2.03. The van der Waals surface area contributed by atoms with Crippen LogP contribution in [0.15, 0.2) is 21.4 Å². The first kappa shape index (κ1) is 15.4. The van der Waals surface area contributed by atoms with Crippen molar-refractivity contribution in [2.45, 2.75) is 32.4 Å². The topological polar surface area (TPSA) is 71.2 Å². The molecule has 0 bridgehead atoms. The summed E-state index contributed by atoms with van der Waals surface area (Å²) in [6.07, 6.45) is 5.71. The van der Waals surface area contributed by atoms with Gasteiger partial charge in [-0.1, -0.05) is 5.16 Å². The normalized spacial score (nSPS) is 16.9. The Morgan fingerprint density at radius 2 is 2.00 bits per heavy atom. The molecular formula is C14H19BrN6O. The van der Waals surface area contributed by atoms with E-state index in [9.17, 15) is 0 Å². The van der Waals surface area contributed by atoms with Crippen LogP contribution in [0.2, 0.25) is 0 Å². The number of likely N-dealkylation sites (tertiary alicyclic amines) is 1. The van der Waals surface area contributed by atoms with E-state index in [0.717, 1.165) is 42.9 Å². The van der Waals surface area contributed by atoms with Gasteiger partial charge in [-0.2, -0.15) is 4.98 Å². The molecular weight excluding hydrogens is 348 g/mol. The van der Waals surface area contributed by atoms with Crippen molar-refractivity contribution < 1.29 is 4.52 Å². The number of hydrogen-bond donors (Lipinski definition) is 0. The van der Waals surface area contributed by atoms with Crippen LogP contribution in [-0.4, -0.2) is 51.2 Å². The lowest BCUT2D eigenvalue weighted by Crippen LogP contribution is -2.43. The summed E-state index contributed by atoms with van der Waals surface area (Å²) in [5, 5.41) is 3.83. The van der Waals surface area contributed by atoms with Gasteiger partial charge in [0.05, 0.1) is 11.0 Å². The van der Waals surface area contributed by atoms with Gasteiger partial charge in [0.25, 0.3) is 0 Å². The number of piperidine rings is 1. The van der Waals surface area contributed by atoms with E-state index in [1.54, 1.807) is 12.4 Å². The molecule has 3 rings (SSSR count). The van der Waals surface area contributed by atoms with Gasteiger partial charge in [0, 0.05) is 38.6 Å². The van der Waals surface area contributed by atoms with Crippen LogP contribution in [0.4, 0.5) is 5.95 Å². The highest BCUT2D eigenvalue weighted by Crippen LogP contribution is 2.20. The van der Waals surface area contributed by atoms with Gasteiger partial charge in [-0.3, -0.25) is 4.90 Å². The van der Waals surface area contributed by atoms with Crippen molar-refractivity contribution in [2.75, 3.05) is 25.0 Å². The maximum absolute atomic E-state index is 5.18. The van der Waals surface area contributed by atoms with Crippen LogP contribution >= 0.6 is 15.9 Å². The fraction of sp³-hybridized carbons (Fsp3) is 0.571. The predicted molar refractivity (Wildman–Crippen MR) is 85.5 cm³/mol. The third-order valence-electron chi connectivity index (χ3n) is 3.96. The van der Waals surface area contributed by atoms with Crippen LogP contribution in [0.5, 0.6) is 0 Å². The van der Waals surface area contributed by atoms with E-state index in [-0.39, 0.29) is 0 Å². The van der Waals surface area contributed by atoms with Gasteiger partial charge >= 0.3 is 0 Å². The van der Waals surface area contributed by atoms with Crippen LogP contribution in [0.1, 0.15) is 24.6 Å². The highest BCUT2D eigenvalue weighted by Gasteiger charge is 2.24. The minimum absolute atomic E-state index is 0.460. The number of aromatic nitrogens is 4. The molecule has 0 atom stereocenters. The first-order valence-electron chi connectivity index (χ1n) is 7.34. The van der Waals surface area contributed by atoms with Gasteiger partial charge in [0.15, 0.2) is 5.82 Å². The molecule has 22 heavy (non-hydrogen) atoms. The lowest BCUT2D eigenvalue weighted by atomic mass is 10.0. The largest absolute Gasteiger partial charge is 0.341 e. The quantitative estimate of drug-likeness (QED) is 0.819. The maximum atomic E-state index is 5.18. The van der Waals surface area contributed by atoms with Crippen molar-refractivity contribution in [3.8, 4) is 0 Å². The van der Waals surface area contributed by atoms with Crippen molar-refractivity contribution in [3.63, 3.8) is 0 Å². The molecule has 0 radical (unpaired) electrons. The molecule has 0 saturated carbocycles. The Hall–Kier alpha value is -1.54. The average Bonchev–Trinajstić information content (AvgIpc) is 2.93. The van der Waals surface area contributed by atoms with Crippen LogP contribution in [0.25, 0.3) is 0 Å². The lowest BCUT2D eigenvalue weighted by molar-refractivity contribution is 0.179. The third-order valence-corrected chi connectivity index (χ3v) is 4.36. The van der Waals surface area contributed by atoms with Gasteiger partial charge in [-0.25, -0.2) is 9.97 Å². The van der Waals surface area contributed by atoms with Crippen molar-refractivity contribution in [1.29, 1.82) is 0 Å². The Kier molecular flexibility index (Phi) is 4.68. The second-order valence-corrected chi connectivity index (χ2v) is 6.47. The summed E-state index contributed by atoms with van der Waals surface area (Å²) in [7, 11) is 2.06. The van der Waals surface area contributed by atoms with Gasteiger partial charge < -0.3 is 9.42 Å². The fourth-order valence-corrected chi connectivity index (χ4v) is 2.92. The zero-order chi connectivity index (χ0) is 15.5. The summed E-state index contributed by atoms with van der Waals surface area (Å²) in [5.41, 5.74) is 0. The Labute approximate surface area is 137 Å². The standard InChI is InChI=1S/C14H19BrN6O/c1-10-18-13(22-19-10)9-21-5-3-12(4-6-21)20(2)14-16-7-11(15)8-17-14/h7-8,12H,3-6,9H2,1-2H3. The first-order valence-corrected chi connectivity index (χ1v) is 8.13. The molecule has 0 N–H and O–H groups in total. The Balaban J connectivity index is 1.53. The molecule has 2 aromatic rings. The van der Waals surface area contributed by atoms with Gasteiger partial charge in [-0.05, 0) is 35.7 Å². The van der Waals surface area contributed by atoms with Gasteiger partial charge in [0.1, 0.15) is 0 Å². The minimum Gasteiger partial charge on any atom is -0.341 e. The summed E-state index contributed by atoms with van der Waals surface area (Å²) in [6, 6.07) is 0.460. The van der Waals surface area contributed by atoms with Crippen molar-refractivity contribution in [3.05, 3.63) is 28.6 Å². The molecule has 3 heterocycles. The fourth-order valence-electron chi connectivity index (χ4n) is 2.71. The molecule has 0 aromatic carbocycles. The second kappa shape index (κ2) is 6.70. The molecule has 1 aliphatic heterocycles. The van der Waals surface area contributed by atoms with Crippen LogP contribution in [0.3, 0.4) is 0 Å². The minimum atomic E-state index is 0.460. The van der Waals surface area contributed by atoms with E-state index < -0.39 is 0 Å². The molecule has 0 spiro atoms. The molecule has 7 nitrogen and oxygen atoms in total. The zero-order valence-corrected chi connectivity index (χ0v) is 14.3. The number of halogens is 1.